The number of amides is 1. The number of para-hydroxylation sites is 1. The number of benzene rings is 2. The highest BCUT2D eigenvalue weighted by Crippen LogP contribution is 2.25. The van der Waals surface area contributed by atoms with Crippen LogP contribution in [0.2, 0.25) is 5.02 Å². The predicted molar refractivity (Wildman–Crippen MR) is 119 cm³/mol. The fraction of sp³-hybridized carbons (Fsp3) is 0.0476. The fourth-order valence-electron chi connectivity index (χ4n) is 2.79. The Morgan fingerprint density at radius 3 is 2.70 bits per heavy atom. The highest BCUT2D eigenvalue weighted by molar-refractivity contribution is 7.13. The van der Waals surface area contributed by atoms with E-state index >= 15 is 0 Å². The molecule has 2 heterocycles. The van der Waals surface area contributed by atoms with Gasteiger partial charge in [0.05, 0.1) is 31.6 Å². The Morgan fingerprint density at radius 1 is 1.15 bits per heavy atom. The summed E-state index contributed by atoms with van der Waals surface area (Å²) in [4.78, 5) is 40.5. The third-order valence-corrected chi connectivity index (χ3v) is 5.52. The standard InChI is InChI=1S/C21H13ClN4O6S/c22-15-10-12(26(29)30)7-8-13(15)20(27)23-16-5-2-1-4-14(16)21(28)31-11-18-24-19(25-32-18)17-6-3-9-33-17/h1-10H,11H2,(H,23,27). The molecule has 0 saturated heterocycles. The van der Waals surface area contributed by atoms with Crippen molar-refractivity contribution in [3.8, 4) is 10.7 Å². The number of ether oxygens (including phenoxy) is 1. The van der Waals surface area contributed by atoms with Crippen molar-refractivity contribution >= 4 is 46.2 Å². The summed E-state index contributed by atoms with van der Waals surface area (Å²) in [6.45, 7) is -0.256. The van der Waals surface area contributed by atoms with E-state index in [9.17, 15) is 19.7 Å². The zero-order valence-corrected chi connectivity index (χ0v) is 18.1. The number of thiophene rings is 1. The number of non-ortho nitro benzene ring substituents is 1. The second-order valence-corrected chi connectivity index (χ2v) is 7.84. The van der Waals surface area contributed by atoms with E-state index in [4.69, 9.17) is 20.9 Å². The molecule has 0 aliphatic heterocycles. The molecule has 0 saturated carbocycles. The molecule has 33 heavy (non-hydrogen) atoms. The Hall–Kier alpha value is -4.09. The summed E-state index contributed by atoms with van der Waals surface area (Å²) < 4.78 is 10.4. The van der Waals surface area contributed by atoms with E-state index in [1.54, 1.807) is 12.1 Å². The van der Waals surface area contributed by atoms with Crippen LogP contribution in [0.25, 0.3) is 10.7 Å². The van der Waals surface area contributed by atoms with E-state index in [1.165, 1.54) is 29.5 Å². The van der Waals surface area contributed by atoms with Crippen LogP contribution >= 0.6 is 22.9 Å². The highest BCUT2D eigenvalue weighted by atomic mass is 35.5. The van der Waals surface area contributed by atoms with Gasteiger partial charge in [0.25, 0.3) is 17.5 Å². The SMILES string of the molecule is O=C(Nc1ccccc1C(=O)OCc1nc(-c2cccs2)no1)c1ccc([N+](=O)[O-])cc1Cl. The lowest BCUT2D eigenvalue weighted by Gasteiger charge is -2.11. The van der Waals surface area contributed by atoms with Gasteiger partial charge in [-0.05, 0) is 29.6 Å². The number of carbonyl (C=O) groups excluding carboxylic acids is 2. The quantitative estimate of drug-likeness (QED) is 0.220. The zero-order valence-electron chi connectivity index (χ0n) is 16.6. The summed E-state index contributed by atoms with van der Waals surface area (Å²) in [6, 6.07) is 13.4. The number of esters is 1. The average molecular weight is 485 g/mol. The molecule has 10 nitrogen and oxygen atoms in total. The Balaban J connectivity index is 1.45. The van der Waals surface area contributed by atoms with Crippen LogP contribution < -0.4 is 5.32 Å². The van der Waals surface area contributed by atoms with Gasteiger partial charge in [0, 0.05) is 12.1 Å². The second-order valence-electron chi connectivity index (χ2n) is 6.49. The van der Waals surface area contributed by atoms with Crippen molar-refractivity contribution in [2.75, 3.05) is 5.32 Å². The molecule has 0 atom stereocenters. The van der Waals surface area contributed by atoms with Crippen LogP contribution in [0.3, 0.4) is 0 Å². The van der Waals surface area contributed by atoms with Crippen LogP contribution in [0.5, 0.6) is 0 Å². The number of nitrogens with zero attached hydrogens (tertiary/aromatic N) is 3. The van der Waals surface area contributed by atoms with Crippen molar-refractivity contribution in [1.29, 1.82) is 0 Å². The van der Waals surface area contributed by atoms with E-state index in [1.807, 2.05) is 17.5 Å². The number of rotatable bonds is 7. The number of anilines is 1. The normalized spacial score (nSPS) is 10.6. The first-order valence-corrected chi connectivity index (χ1v) is 10.6. The van der Waals surface area contributed by atoms with Crippen LogP contribution in [0.15, 0.2) is 64.5 Å². The smallest absolute Gasteiger partial charge is 0.340 e. The van der Waals surface area contributed by atoms with Crippen molar-refractivity contribution < 1.29 is 23.8 Å². The molecule has 1 N–H and O–H groups in total. The predicted octanol–water partition coefficient (Wildman–Crippen LogP) is 4.97. The molecule has 4 rings (SSSR count). The average Bonchev–Trinajstić information content (AvgIpc) is 3.49. The molecule has 0 bridgehead atoms. The molecule has 4 aromatic rings. The largest absolute Gasteiger partial charge is 0.452 e. The van der Waals surface area contributed by atoms with Crippen molar-refractivity contribution in [1.82, 2.24) is 10.1 Å². The van der Waals surface area contributed by atoms with Gasteiger partial charge in [-0.15, -0.1) is 11.3 Å². The van der Waals surface area contributed by atoms with Crippen molar-refractivity contribution in [2.45, 2.75) is 6.61 Å². The first-order valence-electron chi connectivity index (χ1n) is 9.30. The number of hydrogen-bond donors (Lipinski definition) is 1. The molecule has 0 unspecified atom stereocenters. The highest BCUT2D eigenvalue weighted by Gasteiger charge is 2.19. The van der Waals surface area contributed by atoms with E-state index in [2.05, 4.69) is 15.5 Å². The number of hydrogen-bond acceptors (Lipinski definition) is 9. The first-order chi connectivity index (χ1) is 15.9. The van der Waals surface area contributed by atoms with Crippen molar-refractivity contribution in [3.05, 3.63) is 92.1 Å². The summed E-state index contributed by atoms with van der Waals surface area (Å²) in [6.07, 6.45) is 0. The molecule has 0 fully saturated rings. The minimum atomic E-state index is -0.725. The second kappa shape index (κ2) is 9.59. The molecule has 2 aromatic carbocycles. The topological polar surface area (TPSA) is 137 Å². The number of nitro groups is 1. The molecule has 0 spiro atoms. The van der Waals surface area contributed by atoms with E-state index in [0.717, 1.165) is 17.0 Å². The van der Waals surface area contributed by atoms with Crippen LogP contribution in [0, 0.1) is 10.1 Å². The van der Waals surface area contributed by atoms with Crippen molar-refractivity contribution in [2.24, 2.45) is 0 Å². The molecule has 12 heteroatoms. The lowest BCUT2D eigenvalue weighted by molar-refractivity contribution is -0.384. The first kappa shape index (κ1) is 22.1. The van der Waals surface area contributed by atoms with Crippen LogP contribution in [0.1, 0.15) is 26.6 Å². The number of nitro benzene ring substituents is 1. The van der Waals surface area contributed by atoms with Gasteiger partial charge in [-0.25, -0.2) is 4.79 Å². The minimum absolute atomic E-state index is 0.0115. The zero-order chi connectivity index (χ0) is 23.4. The third kappa shape index (κ3) is 5.05. The fourth-order valence-corrected chi connectivity index (χ4v) is 3.70. The monoisotopic (exact) mass is 484 g/mol. The number of aromatic nitrogens is 2. The van der Waals surface area contributed by atoms with Crippen molar-refractivity contribution in [3.63, 3.8) is 0 Å². The maximum absolute atomic E-state index is 12.6. The molecule has 166 valence electrons. The molecule has 1 amide bonds. The van der Waals surface area contributed by atoms with Gasteiger partial charge in [-0.3, -0.25) is 14.9 Å². The van der Waals surface area contributed by atoms with Crippen LogP contribution in [0.4, 0.5) is 11.4 Å². The number of halogens is 1. The third-order valence-electron chi connectivity index (χ3n) is 4.34. The van der Waals surface area contributed by atoms with Gasteiger partial charge < -0.3 is 14.6 Å². The summed E-state index contributed by atoms with van der Waals surface area (Å²) in [5, 5.41) is 19.0. The van der Waals surface area contributed by atoms with Gasteiger partial charge in [-0.2, -0.15) is 4.98 Å². The lowest BCUT2D eigenvalue weighted by Crippen LogP contribution is -2.16. The minimum Gasteiger partial charge on any atom is -0.452 e. The van der Waals surface area contributed by atoms with Gasteiger partial charge in [0.2, 0.25) is 5.82 Å². The van der Waals surface area contributed by atoms with Gasteiger partial charge in [0.1, 0.15) is 0 Å². The summed E-state index contributed by atoms with van der Waals surface area (Å²) in [5.41, 5.74) is 0.0230. The molecule has 2 aromatic heterocycles. The van der Waals surface area contributed by atoms with E-state index in [-0.39, 0.29) is 40.0 Å². The number of carbonyl (C=O) groups is 2. The van der Waals surface area contributed by atoms with E-state index in [0.29, 0.717) is 5.82 Å². The molecule has 0 aliphatic rings. The molecular formula is C21H13ClN4O6S. The van der Waals surface area contributed by atoms with Crippen LogP contribution in [-0.4, -0.2) is 26.9 Å². The molecular weight excluding hydrogens is 472 g/mol. The van der Waals surface area contributed by atoms with Crippen LogP contribution in [-0.2, 0) is 11.3 Å². The Kier molecular flexibility index (Phi) is 6.43. The lowest BCUT2D eigenvalue weighted by atomic mass is 10.1. The van der Waals surface area contributed by atoms with E-state index < -0.39 is 16.8 Å². The maximum Gasteiger partial charge on any atom is 0.340 e. The number of nitrogens with one attached hydrogen (secondary N) is 1. The summed E-state index contributed by atoms with van der Waals surface area (Å²) >= 11 is 7.46. The molecule has 0 aliphatic carbocycles. The Bertz CT molecular complexity index is 1340. The maximum atomic E-state index is 12.6. The Labute approximate surface area is 194 Å². The van der Waals surface area contributed by atoms with Gasteiger partial charge in [-0.1, -0.05) is 35.0 Å². The summed E-state index contributed by atoms with van der Waals surface area (Å²) in [7, 11) is 0. The molecule has 0 radical (unpaired) electrons. The Morgan fingerprint density at radius 2 is 1.97 bits per heavy atom. The summed E-state index contributed by atoms with van der Waals surface area (Å²) in [5.74, 6) is -0.862. The van der Waals surface area contributed by atoms with Gasteiger partial charge in [0.15, 0.2) is 6.61 Å². The van der Waals surface area contributed by atoms with Gasteiger partial charge >= 0.3 is 5.97 Å².